The van der Waals surface area contributed by atoms with Crippen molar-refractivity contribution >= 4 is 17.9 Å². The first-order chi connectivity index (χ1) is 19.1. The molecule has 0 aromatic heterocycles. The second kappa shape index (κ2) is 13.7. The van der Waals surface area contributed by atoms with Crippen molar-refractivity contribution in [1.82, 2.24) is 0 Å². The second-order valence-corrected chi connectivity index (χ2v) is 8.50. The number of terminal acetylenes is 1. The van der Waals surface area contributed by atoms with Crippen LogP contribution in [-0.4, -0.2) is 47.1 Å². The molecule has 0 spiro atoms. The first-order valence-electron chi connectivity index (χ1n) is 11.8. The summed E-state index contributed by atoms with van der Waals surface area (Å²) in [4.78, 5) is 46.4. The maximum Gasteiger partial charge on any atom is 0.341 e. The molecule has 40 heavy (non-hydrogen) atoms. The molecule has 0 aliphatic carbocycles. The standard InChI is InChI=1S/C29H26O11/c1-4-35-22-11-13-24(27(32)33)25(17-22)28(34)39-29(2,3)40-38-18-19-16-21(10-12-23(19)26(30)31)37-15-14-36-20-8-6-5-7-9-20/h1,5-13,16-17H,14-15,18H2,2-3H3,(H,30,31)(H,32,33). The van der Waals surface area contributed by atoms with Gasteiger partial charge in [0.05, 0.1) is 16.7 Å². The number of hydrogen-bond donors (Lipinski definition) is 2. The van der Waals surface area contributed by atoms with Crippen molar-refractivity contribution in [2.45, 2.75) is 26.2 Å². The molecule has 0 fully saturated rings. The lowest BCUT2D eigenvalue weighted by molar-refractivity contribution is -0.411. The Morgan fingerprint density at radius 1 is 0.800 bits per heavy atom. The summed E-state index contributed by atoms with van der Waals surface area (Å²) in [5.41, 5.74) is -0.500. The Bertz CT molecular complexity index is 1390. The average molecular weight is 551 g/mol. The molecule has 0 bridgehead atoms. The topological polar surface area (TPSA) is 147 Å². The summed E-state index contributed by atoms with van der Waals surface area (Å²) in [6.45, 7) is 2.81. The Kier molecular flexibility index (Phi) is 10.1. The van der Waals surface area contributed by atoms with Crippen molar-refractivity contribution in [1.29, 1.82) is 0 Å². The highest BCUT2D eigenvalue weighted by atomic mass is 17.2. The van der Waals surface area contributed by atoms with Crippen LogP contribution >= 0.6 is 0 Å². The Balaban J connectivity index is 1.61. The SMILES string of the molecule is C#COc1ccc(C(=O)O)c(C(=O)OC(C)(C)OOCc2cc(OCCOc3ccccc3)ccc2C(=O)O)c1. The van der Waals surface area contributed by atoms with Crippen molar-refractivity contribution in [3.05, 3.63) is 89.0 Å². The number of ether oxygens (including phenoxy) is 4. The molecule has 0 unspecified atom stereocenters. The van der Waals surface area contributed by atoms with Gasteiger partial charge >= 0.3 is 17.9 Å². The minimum Gasteiger partial charge on any atom is -0.490 e. The molecule has 0 heterocycles. The van der Waals surface area contributed by atoms with E-state index in [2.05, 4.69) is 0 Å². The van der Waals surface area contributed by atoms with Crippen molar-refractivity contribution in [2.24, 2.45) is 0 Å². The van der Waals surface area contributed by atoms with Crippen LogP contribution in [0.15, 0.2) is 66.7 Å². The molecule has 0 amide bonds. The number of para-hydroxylation sites is 1. The van der Waals surface area contributed by atoms with Crippen LogP contribution in [0.25, 0.3) is 0 Å². The van der Waals surface area contributed by atoms with Gasteiger partial charge in [0.25, 0.3) is 0 Å². The fourth-order valence-corrected chi connectivity index (χ4v) is 3.36. The lowest BCUT2D eigenvalue weighted by Gasteiger charge is -2.24. The fourth-order valence-electron chi connectivity index (χ4n) is 3.36. The molecule has 11 nitrogen and oxygen atoms in total. The molecule has 0 atom stereocenters. The van der Waals surface area contributed by atoms with Crippen molar-refractivity contribution in [2.75, 3.05) is 13.2 Å². The molecule has 3 aromatic carbocycles. The van der Waals surface area contributed by atoms with Gasteiger partial charge in [-0.05, 0) is 54.1 Å². The lowest BCUT2D eigenvalue weighted by Crippen LogP contribution is -2.32. The maximum absolute atomic E-state index is 12.7. The van der Waals surface area contributed by atoms with E-state index in [9.17, 15) is 24.6 Å². The number of rotatable bonds is 14. The summed E-state index contributed by atoms with van der Waals surface area (Å²) in [7, 11) is 0. The molecule has 0 aliphatic heterocycles. The van der Waals surface area contributed by atoms with Crippen LogP contribution in [0.5, 0.6) is 17.2 Å². The van der Waals surface area contributed by atoms with Gasteiger partial charge in [-0.15, -0.1) is 0 Å². The monoisotopic (exact) mass is 550 g/mol. The largest absolute Gasteiger partial charge is 0.490 e. The lowest BCUT2D eigenvalue weighted by atomic mass is 10.1. The number of carbonyl (C=O) groups is 3. The van der Waals surface area contributed by atoms with Crippen LogP contribution in [0.2, 0.25) is 0 Å². The first kappa shape index (κ1) is 29.5. The maximum atomic E-state index is 12.7. The summed E-state index contributed by atoms with van der Waals surface area (Å²) in [5.74, 6) is -4.20. The molecule has 11 heteroatoms. The van der Waals surface area contributed by atoms with Gasteiger partial charge in [-0.3, -0.25) is 0 Å². The van der Waals surface area contributed by atoms with E-state index in [-0.39, 0.29) is 47.8 Å². The smallest absolute Gasteiger partial charge is 0.341 e. The highest BCUT2D eigenvalue weighted by Crippen LogP contribution is 2.24. The van der Waals surface area contributed by atoms with Gasteiger partial charge < -0.3 is 29.2 Å². The predicted octanol–water partition coefficient (Wildman–Crippen LogP) is 4.55. The van der Waals surface area contributed by atoms with E-state index in [1.54, 1.807) is 0 Å². The van der Waals surface area contributed by atoms with Gasteiger partial charge in [-0.1, -0.05) is 24.6 Å². The van der Waals surface area contributed by atoms with Crippen molar-refractivity contribution in [3.63, 3.8) is 0 Å². The Labute approximate surface area is 229 Å². The van der Waals surface area contributed by atoms with Crippen LogP contribution in [0.1, 0.15) is 50.5 Å². The zero-order valence-electron chi connectivity index (χ0n) is 21.6. The normalized spacial score (nSPS) is 10.7. The summed E-state index contributed by atoms with van der Waals surface area (Å²) in [5, 5.41) is 18.9. The van der Waals surface area contributed by atoms with Gasteiger partial charge in [-0.2, -0.15) is 4.89 Å². The molecule has 2 N–H and O–H groups in total. The molecular weight excluding hydrogens is 524 g/mol. The third kappa shape index (κ3) is 8.49. The number of carboxylic acids is 2. The Morgan fingerprint density at radius 3 is 2.08 bits per heavy atom. The van der Waals surface area contributed by atoms with E-state index in [0.29, 0.717) is 11.5 Å². The average Bonchev–Trinajstić information content (AvgIpc) is 2.91. The number of aromatic carboxylic acids is 2. The summed E-state index contributed by atoms with van der Waals surface area (Å²) >= 11 is 0. The molecule has 3 rings (SSSR count). The van der Waals surface area contributed by atoms with Gasteiger partial charge in [0.2, 0.25) is 5.79 Å². The minimum atomic E-state index is -1.71. The molecule has 3 aromatic rings. The van der Waals surface area contributed by atoms with Crippen LogP contribution in [0, 0.1) is 12.5 Å². The molecule has 0 saturated heterocycles. The molecule has 0 aliphatic rings. The highest BCUT2D eigenvalue weighted by molar-refractivity contribution is 6.02. The van der Waals surface area contributed by atoms with E-state index in [1.807, 2.05) is 36.4 Å². The van der Waals surface area contributed by atoms with Crippen LogP contribution in [0.4, 0.5) is 0 Å². The third-order valence-electron chi connectivity index (χ3n) is 5.10. The Hall–Kier alpha value is -5.05. The molecule has 0 radical (unpaired) electrons. The fraction of sp³-hybridized carbons (Fsp3) is 0.207. The zero-order valence-corrected chi connectivity index (χ0v) is 21.6. The number of esters is 1. The van der Waals surface area contributed by atoms with Crippen LogP contribution < -0.4 is 14.2 Å². The van der Waals surface area contributed by atoms with E-state index in [4.69, 9.17) is 35.1 Å². The number of carboxylic acid groups (broad SMARTS) is 2. The van der Waals surface area contributed by atoms with Gasteiger partial charge in [-0.25, -0.2) is 19.3 Å². The van der Waals surface area contributed by atoms with Crippen molar-refractivity contribution in [3.8, 4) is 29.8 Å². The highest BCUT2D eigenvalue weighted by Gasteiger charge is 2.29. The number of hydrogen-bond acceptors (Lipinski definition) is 9. The molecule has 208 valence electrons. The van der Waals surface area contributed by atoms with Crippen molar-refractivity contribution < 1.29 is 53.3 Å². The van der Waals surface area contributed by atoms with Gasteiger partial charge in [0, 0.05) is 13.8 Å². The number of benzene rings is 3. The van der Waals surface area contributed by atoms with Crippen LogP contribution in [0.3, 0.4) is 0 Å². The van der Waals surface area contributed by atoms with Crippen LogP contribution in [-0.2, 0) is 21.1 Å². The number of carbonyl (C=O) groups excluding carboxylic acids is 1. The zero-order chi connectivity index (χ0) is 29.1. The molecule has 0 saturated carbocycles. The summed E-state index contributed by atoms with van der Waals surface area (Å²) in [6, 6.07) is 17.1. The van der Waals surface area contributed by atoms with E-state index >= 15 is 0 Å². The predicted molar refractivity (Wildman–Crippen MR) is 139 cm³/mol. The quantitative estimate of drug-likeness (QED) is 0.0727. The molecular formula is C29H26O11. The van der Waals surface area contributed by atoms with Gasteiger partial charge in [0.1, 0.15) is 43.2 Å². The van der Waals surface area contributed by atoms with E-state index in [0.717, 1.165) is 12.1 Å². The van der Waals surface area contributed by atoms with E-state index in [1.165, 1.54) is 38.1 Å². The van der Waals surface area contributed by atoms with E-state index < -0.39 is 23.7 Å². The summed E-state index contributed by atoms with van der Waals surface area (Å²) in [6.07, 6.45) is 7.02. The second-order valence-electron chi connectivity index (χ2n) is 8.50. The minimum absolute atomic E-state index is 0.0530. The third-order valence-corrected chi connectivity index (χ3v) is 5.10. The Morgan fingerprint density at radius 2 is 1.43 bits per heavy atom. The van der Waals surface area contributed by atoms with Gasteiger partial charge in [0.15, 0.2) is 0 Å². The first-order valence-corrected chi connectivity index (χ1v) is 11.8. The summed E-state index contributed by atoms with van der Waals surface area (Å²) < 4.78 is 21.4.